The van der Waals surface area contributed by atoms with Crippen molar-refractivity contribution in [1.82, 2.24) is 9.29 Å². The molecule has 0 spiro atoms. The molecule has 29 heavy (non-hydrogen) atoms. The summed E-state index contributed by atoms with van der Waals surface area (Å²) in [7, 11) is -4.06. The van der Waals surface area contributed by atoms with Crippen LogP contribution in [0.4, 0.5) is 9.52 Å². The fourth-order valence-electron chi connectivity index (χ4n) is 3.02. The lowest BCUT2D eigenvalue weighted by Gasteiger charge is -2.26. The molecule has 1 fully saturated rings. The molecule has 152 valence electrons. The first-order chi connectivity index (χ1) is 13.8. The van der Waals surface area contributed by atoms with E-state index >= 15 is 0 Å². The first kappa shape index (κ1) is 19.9. The molecule has 1 N–H and O–H groups in total. The van der Waals surface area contributed by atoms with Crippen LogP contribution in [-0.2, 0) is 14.8 Å². The number of nitrogens with zero attached hydrogens (tertiary/aromatic N) is 2. The Hall–Kier alpha value is -2.40. The van der Waals surface area contributed by atoms with Crippen LogP contribution >= 0.6 is 11.3 Å². The van der Waals surface area contributed by atoms with Gasteiger partial charge in [-0.2, -0.15) is 4.31 Å². The number of carbonyl (C=O) groups excluding carboxylic acids is 1. The molecule has 1 aliphatic heterocycles. The number of amides is 1. The van der Waals surface area contributed by atoms with Crippen molar-refractivity contribution < 1.29 is 22.3 Å². The van der Waals surface area contributed by atoms with E-state index in [0.29, 0.717) is 5.13 Å². The van der Waals surface area contributed by atoms with Crippen molar-refractivity contribution in [2.45, 2.75) is 11.8 Å². The topological polar surface area (TPSA) is 88.6 Å². The predicted molar refractivity (Wildman–Crippen MR) is 108 cm³/mol. The van der Waals surface area contributed by atoms with Crippen LogP contribution in [0, 0.1) is 12.7 Å². The molecule has 0 radical (unpaired) electrons. The maximum absolute atomic E-state index is 14.3. The third-order valence-electron chi connectivity index (χ3n) is 4.55. The van der Waals surface area contributed by atoms with Crippen molar-refractivity contribution in [1.29, 1.82) is 0 Å². The van der Waals surface area contributed by atoms with E-state index < -0.39 is 26.6 Å². The second kappa shape index (κ2) is 7.79. The lowest BCUT2D eigenvalue weighted by atomic mass is 10.2. The second-order valence-corrected chi connectivity index (χ2v) is 9.54. The zero-order valence-electron chi connectivity index (χ0n) is 15.5. The van der Waals surface area contributed by atoms with Gasteiger partial charge >= 0.3 is 0 Å². The molecular formula is C19H18FN3O4S2. The SMILES string of the molecule is Cc1ccc2nc(NC(=O)c3ccc(F)c(S(=O)(=O)N4CCOCC4)c3)sc2c1. The van der Waals surface area contributed by atoms with E-state index in [1.165, 1.54) is 17.4 Å². The Bertz CT molecular complexity index is 1190. The number of anilines is 1. The lowest BCUT2D eigenvalue weighted by Crippen LogP contribution is -2.41. The van der Waals surface area contributed by atoms with E-state index in [9.17, 15) is 17.6 Å². The van der Waals surface area contributed by atoms with Crippen molar-refractivity contribution in [3.63, 3.8) is 0 Å². The number of hydrogen-bond donors (Lipinski definition) is 1. The van der Waals surface area contributed by atoms with E-state index in [1.54, 1.807) is 0 Å². The number of hydrogen-bond acceptors (Lipinski definition) is 6. The van der Waals surface area contributed by atoms with Crippen LogP contribution in [0.3, 0.4) is 0 Å². The van der Waals surface area contributed by atoms with E-state index in [-0.39, 0.29) is 31.9 Å². The minimum atomic E-state index is -4.06. The molecule has 1 amide bonds. The van der Waals surface area contributed by atoms with Crippen LogP contribution in [0.25, 0.3) is 10.2 Å². The van der Waals surface area contributed by atoms with Crippen LogP contribution in [0.15, 0.2) is 41.3 Å². The number of ether oxygens (including phenoxy) is 1. The number of sulfonamides is 1. The minimum absolute atomic E-state index is 0.0358. The standard InChI is InChI=1S/C19H18FN3O4S2/c1-12-2-5-15-16(10-12)28-19(21-15)22-18(24)13-3-4-14(20)17(11-13)29(25,26)23-6-8-27-9-7-23/h2-5,10-11H,6-9H2,1H3,(H,21,22,24). The fourth-order valence-corrected chi connectivity index (χ4v) is 5.48. The van der Waals surface area contributed by atoms with Crippen molar-refractivity contribution in [2.75, 3.05) is 31.6 Å². The summed E-state index contributed by atoms with van der Waals surface area (Å²) < 4.78 is 47.1. The van der Waals surface area contributed by atoms with Gasteiger partial charge in [-0.05, 0) is 42.8 Å². The number of rotatable bonds is 4. The average Bonchev–Trinajstić information content (AvgIpc) is 3.10. The lowest BCUT2D eigenvalue weighted by molar-refractivity contribution is 0.0729. The Balaban J connectivity index is 1.61. The molecule has 0 unspecified atom stereocenters. The summed E-state index contributed by atoms with van der Waals surface area (Å²) >= 11 is 1.31. The van der Waals surface area contributed by atoms with Crippen LogP contribution < -0.4 is 5.32 Å². The largest absolute Gasteiger partial charge is 0.379 e. The van der Waals surface area contributed by atoms with Crippen LogP contribution in [0.2, 0.25) is 0 Å². The van der Waals surface area contributed by atoms with Gasteiger partial charge in [0.25, 0.3) is 5.91 Å². The Morgan fingerprint density at radius 2 is 1.97 bits per heavy atom. The zero-order valence-corrected chi connectivity index (χ0v) is 17.1. The zero-order chi connectivity index (χ0) is 20.6. The normalized spacial score (nSPS) is 15.5. The minimum Gasteiger partial charge on any atom is -0.379 e. The molecule has 1 aliphatic rings. The van der Waals surface area contributed by atoms with Gasteiger partial charge in [-0.1, -0.05) is 17.4 Å². The molecule has 0 bridgehead atoms. The molecule has 3 aromatic rings. The molecule has 1 saturated heterocycles. The number of benzene rings is 2. The summed E-state index contributed by atoms with van der Waals surface area (Å²) in [5.74, 6) is -1.46. The number of halogens is 1. The van der Waals surface area contributed by atoms with Gasteiger partial charge in [0.2, 0.25) is 10.0 Å². The molecule has 1 aromatic heterocycles. The first-order valence-corrected chi connectivity index (χ1v) is 11.2. The van der Waals surface area contributed by atoms with Gasteiger partial charge in [0, 0.05) is 18.7 Å². The highest BCUT2D eigenvalue weighted by Gasteiger charge is 2.29. The third-order valence-corrected chi connectivity index (χ3v) is 7.39. The van der Waals surface area contributed by atoms with Crippen LogP contribution in [0.1, 0.15) is 15.9 Å². The number of aromatic nitrogens is 1. The van der Waals surface area contributed by atoms with Gasteiger partial charge in [0.1, 0.15) is 10.7 Å². The van der Waals surface area contributed by atoms with Crippen molar-refractivity contribution in [3.05, 3.63) is 53.3 Å². The molecular weight excluding hydrogens is 417 g/mol. The number of carbonyl (C=O) groups is 1. The molecule has 0 aliphatic carbocycles. The smallest absolute Gasteiger partial charge is 0.257 e. The maximum atomic E-state index is 14.3. The van der Waals surface area contributed by atoms with Crippen molar-refractivity contribution in [3.8, 4) is 0 Å². The summed E-state index contributed by atoms with van der Waals surface area (Å²) in [6, 6.07) is 9.06. The Morgan fingerprint density at radius 1 is 1.21 bits per heavy atom. The van der Waals surface area contributed by atoms with Gasteiger partial charge in [0.05, 0.1) is 23.4 Å². The van der Waals surface area contributed by atoms with Gasteiger partial charge in [-0.15, -0.1) is 0 Å². The highest BCUT2D eigenvalue weighted by atomic mass is 32.2. The summed E-state index contributed by atoms with van der Waals surface area (Å²) in [6.07, 6.45) is 0. The molecule has 10 heteroatoms. The predicted octanol–water partition coefficient (Wildman–Crippen LogP) is 3.02. The second-order valence-electron chi connectivity index (χ2n) is 6.61. The van der Waals surface area contributed by atoms with Gasteiger partial charge in [0.15, 0.2) is 5.13 Å². The number of thiazole rings is 1. The van der Waals surface area contributed by atoms with Crippen LogP contribution in [-0.4, -0.2) is 49.9 Å². The molecule has 4 rings (SSSR count). The van der Waals surface area contributed by atoms with Crippen molar-refractivity contribution >= 4 is 42.6 Å². The van der Waals surface area contributed by atoms with Gasteiger partial charge in [-0.3, -0.25) is 10.1 Å². The number of fused-ring (bicyclic) bond motifs is 1. The van der Waals surface area contributed by atoms with E-state index in [4.69, 9.17) is 4.74 Å². The third kappa shape index (κ3) is 4.01. The summed E-state index contributed by atoms with van der Waals surface area (Å²) in [4.78, 5) is 16.5. The summed E-state index contributed by atoms with van der Waals surface area (Å²) in [6.45, 7) is 2.75. The van der Waals surface area contributed by atoms with Crippen molar-refractivity contribution in [2.24, 2.45) is 0 Å². The summed E-state index contributed by atoms with van der Waals surface area (Å²) in [5, 5.41) is 3.05. The molecule has 2 heterocycles. The first-order valence-electron chi connectivity index (χ1n) is 8.90. The summed E-state index contributed by atoms with van der Waals surface area (Å²) in [5.41, 5.74) is 1.87. The van der Waals surface area contributed by atoms with Gasteiger partial charge in [-0.25, -0.2) is 17.8 Å². The number of aryl methyl sites for hydroxylation is 1. The molecule has 7 nitrogen and oxygen atoms in total. The molecule has 2 aromatic carbocycles. The Labute approximate surface area is 171 Å². The Kier molecular flexibility index (Phi) is 5.34. The van der Waals surface area contributed by atoms with E-state index in [2.05, 4.69) is 10.3 Å². The Morgan fingerprint density at radius 3 is 2.72 bits per heavy atom. The maximum Gasteiger partial charge on any atom is 0.257 e. The average molecular weight is 436 g/mol. The van der Waals surface area contributed by atoms with Crippen LogP contribution in [0.5, 0.6) is 0 Å². The fraction of sp³-hybridized carbons (Fsp3) is 0.263. The highest BCUT2D eigenvalue weighted by molar-refractivity contribution is 7.89. The van der Waals surface area contributed by atoms with E-state index in [1.807, 2.05) is 25.1 Å². The van der Waals surface area contributed by atoms with Gasteiger partial charge < -0.3 is 4.74 Å². The monoisotopic (exact) mass is 435 g/mol. The molecule has 0 atom stereocenters. The quantitative estimate of drug-likeness (QED) is 0.681. The van der Waals surface area contributed by atoms with E-state index in [0.717, 1.165) is 32.2 Å². The highest BCUT2D eigenvalue weighted by Crippen LogP contribution is 2.28. The molecule has 0 saturated carbocycles. The number of nitrogens with one attached hydrogen (secondary N) is 1. The number of morpholine rings is 1.